The minimum atomic E-state index is -4.62. The molecule has 0 aliphatic carbocycles. The van der Waals surface area contributed by atoms with E-state index in [0.29, 0.717) is 17.9 Å². The molecule has 14 nitrogen and oxygen atoms in total. The maximum atomic E-state index is 14.3. The molecule has 5 heterocycles. The Kier molecular flexibility index (Phi) is 9.44. The molecule has 5 aromatic rings. The number of alkyl halides is 3. The number of hydrogen-bond acceptors (Lipinski definition) is 10. The quantitative estimate of drug-likeness (QED) is 0.242. The van der Waals surface area contributed by atoms with Gasteiger partial charge in [0.1, 0.15) is 24.3 Å². The number of amides is 2. The van der Waals surface area contributed by atoms with Gasteiger partial charge in [-0.05, 0) is 68.1 Å². The molecule has 2 N–H and O–H groups in total. The summed E-state index contributed by atoms with van der Waals surface area (Å²) in [5.74, 6) is -0.331. The predicted molar refractivity (Wildman–Crippen MR) is 188 cm³/mol. The van der Waals surface area contributed by atoms with Gasteiger partial charge in [-0.3, -0.25) is 14.4 Å². The van der Waals surface area contributed by atoms with Gasteiger partial charge in [-0.1, -0.05) is 18.5 Å². The first-order valence-corrected chi connectivity index (χ1v) is 17.2. The predicted octanol–water partition coefficient (Wildman–Crippen LogP) is 4.52. The Bertz CT molecular complexity index is 2320. The van der Waals surface area contributed by atoms with Crippen LogP contribution in [0.25, 0.3) is 17.2 Å². The number of carbonyl (C=O) groups is 2. The van der Waals surface area contributed by atoms with Crippen LogP contribution in [0.5, 0.6) is 11.5 Å². The summed E-state index contributed by atoms with van der Waals surface area (Å²) in [6.07, 6.45) is -1.49. The highest BCUT2D eigenvalue weighted by molar-refractivity contribution is 6.33. The molecule has 1 saturated heterocycles. The fourth-order valence-corrected chi connectivity index (χ4v) is 6.81. The minimum Gasteiger partial charge on any atom is -0.504 e. The third-order valence-electron chi connectivity index (χ3n) is 9.29. The zero-order valence-electron chi connectivity index (χ0n) is 28.6. The number of ether oxygens (including phenoxy) is 1. The number of anilines is 2. The molecule has 3 aromatic heterocycles. The van der Waals surface area contributed by atoms with Crippen molar-refractivity contribution in [2.45, 2.75) is 45.8 Å². The van der Waals surface area contributed by atoms with Gasteiger partial charge < -0.3 is 29.5 Å². The van der Waals surface area contributed by atoms with Crippen molar-refractivity contribution >= 4 is 40.6 Å². The highest BCUT2D eigenvalue weighted by Crippen LogP contribution is 2.34. The van der Waals surface area contributed by atoms with Crippen LogP contribution in [0.1, 0.15) is 46.3 Å². The molecule has 0 radical (unpaired) electrons. The molecule has 0 saturated carbocycles. The van der Waals surface area contributed by atoms with E-state index in [1.165, 1.54) is 11.2 Å². The van der Waals surface area contributed by atoms with Crippen molar-refractivity contribution in [2.75, 3.05) is 43.0 Å². The molecule has 53 heavy (non-hydrogen) atoms. The Morgan fingerprint density at radius 1 is 1.08 bits per heavy atom. The van der Waals surface area contributed by atoms with Crippen molar-refractivity contribution in [3.05, 3.63) is 86.3 Å². The molecular formula is C35H33ClF3N9O5. The summed E-state index contributed by atoms with van der Waals surface area (Å²) in [7, 11) is 0. The van der Waals surface area contributed by atoms with Crippen LogP contribution in [0.15, 0.2) is 47.5 Å². The third-order valence-corrected chi connectivity index (χ3v) is 9.60. The molecule has 18 heteroatoms. The molecule has 1 fully saturated rings. The van der Waals surface area contributed by atoms with Gasteiger partial charge in [0.2, 0.25) is 11.7 Å². The average Bonchev–Trinajstić information content (AvgIpc) is 3.60. The maximum absolute atomic E-state index is 14.3. The van der Waals surface area contributed by atoms with Crippen molar-refractivity contribution in [2.24, 2.45) is 0 Å². The van der Waals surface area contributed by atoms with Crippen molar-refractivity contribution in [3.8, 4) is 22.9 Å². The van der Waals surface area contributed by atoms with Crippen LogP contribution in [0.3, 0.4) is 0 Å². The fraction of sp³-hybridized carbons (Fsp3) is 0.343. The molecule has 0 bridgehead atoms. The number of aromatic nitrogens is 6. The zero-order chi connectivity index (χ0) is 37.6. The molecule has 2 aliphatic rings. The van der Waals surface area contributed by atoms with E-state index in [2.05, 4.69) is 20.4 Å². The van der Waals surface area contributed by atoms with Crippen molar-refractivity contribution in [1.82, 2.24) is 34.0 Å². The van der Waals surface area contributed by atoms with Crippen LogP contribution >= 0.6 is 11.6 Å². The van der Waals surface area contributed by atoms with Crippen molar-refractivity contribution in [1.29, 1.82) is 0 Å². The van der Waals surface area contributed by atoms with Gasteiger partial charge in [0.05, 0.1) is 34.3 Å². The van der Waals surface area contributed by atoms with E-state index < -0.39 is 35.7 Å². The monoisotopic (exact) mass is 751 g/mol. The second-order valence-electron chi connectivity index (χ2n) is 12.6. The van der Waals surface area contributed by atoms with Gasteiger partial charge in [-0.2, -0.15) is 22.7 Å². The minimum absolute atomic E-state index is 0.0239. The zero-order valence-corrected chi connectivity index (χ0v) is 29.3. The molecular weight excluding hydrogens is 719 g/mol. The summed E-state index contributed by atoms with van der Waals surface area (Å²) < 4.78 is 48.2. The first kappa shape index (κ1) is 35.7. The van der Waals surface area contributed by atoms with Crippen LogP contribution in [0, 0.1) is 6.92 Å². The Balaban J connectivity index is 1.26. The highest BCUT2D eigenvalue weighted by Gasteiger charge is 2.32. The highest BCUT2D eigenvalue weighted by atomic mass is 35.5. The van der Waals surface area contributed by atoms with E-state index in [0.717, 1.165) is 46.9 Å². The Hall–Kier alpha value is -5.71. The average molecular weight is 752 g/mol. The topological polar surface area (TPSA) is 160 Å². The lowest BCUT2D eigenvalue weighted by molar-refractivity contribution is -0.137. The SMILES string of the molecule is CCc1c(N2CCN(C(=O)c3ncnc(C)c3O)CC2)c(=O)n2nc(-c3ccc4c(c3)CCCO4)nc2n1CC(=O)Nc1ccc(C(F)(F)F)cc1Cl. The maximum Gasteiger partial charge on any atom is 0.416 e. The fourth-order valence-electron chi connectivity index (χ4n) is 6.58. The number of aromatic hydroxyl groups is 1. The van der Waals surface area contributed by atoms with Gasteiger partial charge in [-0.25, -0.2) is 9.97 Å². The summed E-state index contributed by atoms with van der Waals surface area (Å²) >= 11 is 6.14. The van der Waals surface area contributed by atoms with Crippen LogP contribution in [-0.2, 0) is 30.4 Å². The van der Waals surface area contributed by atoms with Crippen LogP contribution in [0.4, 0.5) is 24.5 Å². The van der Waals surface area contributed by atoms with E-state index in [-0.39, 0.29) is 77.7 Å². The van der Waals surface area contributed by atoms with Gasteiger partial charge in [0.15, 0.2) is 17.3 Å². The van der Waals surface area contributed by atoms with E-state index in [1.807, 2.05) is 24.0 Å². The number of halogens is 4. The molecule has 2 aromatic carbocycles. The molecule has 2 amide bonds. The lowest BCUT2D eigenvalue weighted by Gasteiger charge is -2.36. The first-order chi connectivity index (χ1) is 25.3. The lowest BCUT2D eigenvalue weighted by atomic mass is 10.0. The summed E-state index contributed by atoms with van der Waals surface area (Å²) in [5, 5.41) is 17.3. The summed E-state index contributed by atoms with van der Waals surface area (Å²) in [5.41, 5.74) is 1.00. The standard InChI is InChI=1S/C35H33ClF3N9O5/c1-3-25-29(45-10-12-46(13-11-45)32(51)28-30(50)19(2)40-18-41-28)33(52)48-34(43-31(44-48)21-6-9-26-20(15-21)5-4-14-53-26)47(25)17-27(49)42-24-8-7-22(16-23(24)36)35(37,38)39/h6-9,15-16,18,50H,3-5,10-14,17H2,1-2H3,(H,42,49). The van der Waals surface area contributed by atoms with Gasteiger partial charge in [-0.15, -0.1) is 5.10 Å². The second-order valence-corrected chi connectivity index (χ2v) is 13.0. The van der Waals surface area contributed by atoms with Gasteiger partial charge >= 0.3 is 6.18 Å². The number of nitrogens with one attached hydrogen (secondary N) is 1. The largest absolute Gasteiger partial charge is 0.504 e. The number of carbonyl (C=O) groups excluding carboxylic acids is 2. The first-order valence-electron chi connectivity index (χ1n) is 16.8. The molecule has 0 unspecified atom stereocenters. The van der Waals surface area contributed by atoms with Gasteiger partial charge in [0.25, 0.3) is 11.5 Å². The molecule has 0 spiro atoms. The van der Waals surface area contributed by atoms with E-state index in [4.69, 9.17) is 21.3 Å². The summed E-state index contributed by atoms with van der Waals surface area (Å²) in [6.45, 7) is 4.44. The molecule has 2 aliphatic heterocycles. The smallest absolute Gasteiger partial charge is 0.416 e. The Labute approximate surface area is 304 Å². The van der Waals surface area contributed by atoms with E-state index >= 15 is 0 Å². The van der Waals surface area contributed by atoms with Crippen LogP contribution in [0.2, 0.25) is 5.02 Å². The number of benzene rings is 2. The number of rotatable bonds is 7. The van der Waals surface area contributed by atoms with Crippen molar-refractivity contribution in [3.63, 3.8) is 0 Å². The lowest BCUT2D eigenvalue weighted by Crippen LogP contribution is -2.51. The molecule has 276 valence electrons. The normalized spacial score (nSPS) is 14.6. The molecule has 0 atom stereocenters. The Morgan fingerprint density at radius 3 is 2.57 bits per heavy atom. The summed E-state index contributed by atoms with van der Waals surface area (Å²) in [6, 6.07) is 8.16. The number of fused-ring (bicyclic) bond motifs is 2. The van der Waals surface area contributed by atoms with Crippen LogP contribution in [-0.4, -0.2) is 83.7 Å². The Morgan fingerprint density at radius 2 is 1.85 bits per heavy atom. The van der Waals surface area contributed by atoms with E-state index in [9.17, 15) is 32.7 Å². The number of hydrogen-bond donors (Lipinski definition) is 2. The second kappa shape index (κ2) is 14.0. The van der Waals surface area contributed by atoms with Crippen LogP contribution < -0.4 is 20.5 Å². The van der Waals surface area contributed by atoms with Gasteiger partial charge in [0, 0.05) is 31.7 Å². The number of nitrogens with zero attached hydrogens (tertiary/aromatic N) is 8. The molecule has 7 rings (SSSR count). The van der Waals surface area contributed by atoms with Crippen molar-refractivity contribution < 1.29 is 32.6 Å². The van der Waals surface area contributed by atoms with E-state index in [1.54, 1.807) is 17.6 Å². The number of aryl methyl sites for hydroxylation is 2. The third kappa shape index (κ3) is 6.83. The summed E-state index contributed by atoms with van der Waals surface area (Å²) in [4.78, 5) is 57.1. The number of piperazine rings is 1.